The van der Waals surface area contributed by atoms with E-state index in [1.165, 1.54) is 24.4 Å². The van der Waals surface area contributed by atoms with Crippen LogP contribution in [-0.4, -0.2) is 29.6 Å². The molecule has 0 saturated heterocycles. The fourth-order valence-corrected chi connectivity index (χ4v) is 2.39. The molecule has 29 heavy (non-hydrogen) atoms. The van der Waals surface area contributed by atoms with Gasteiger partial charge in [-0.3, -0.25) is 19.7 Å². The highest BCUT2D eigenvalue weighted by Crippen LogP contribution is 2.20. The summed E-state index contributed by atoms with van der Waals surface area (Å²) in [5.41, 5.74) is 2.99. The molecule has 0 aliphatic carbocycles. The summed E-state index contributed by atoms with van der Waals surface area (Å²) in [4.78, 5) is 33.9. The van der Waals surface area contributed by atoms with Gasteiger partial charge in [-0.15, -0.1) is 0 Å². The lowest BCUT2D eigenvalue weighted by atomic mass is 10.2. The van der Waals surface area contributed by atoms with Crippen LogP contribution in [0.5, 0.6) is 5.75 Å². The highest BCUT2D eigenvalue weighted by molar-refractivity contribution is 6.33. The zero-order valence-electron chi connectivity index (χ0n) is 15.6. The molecule has 2 aromatic rings. The van der Waals surface area contributed by atoms with Gasteiger partial charge >= 0.3 is 0 Å². The Kier molecular flexibility index (Phi) is 8.11. The van der Waals surface area contributed by atoms with Gasteiger partial charge in [0.05, 0.1) is 17.7 Å². The second-order valence-electron chi connectivity index (χ2n) is 5.76. The van der Waals surface area contributed by atoms with Crippen LogP contribution >= 0.6 is 11.6 Å². The molecule has 152 valence electrons. The number of hydrogen-bond donors (Lipinski definition) is 2. The number of nitro groups is 1. The average Bonchev–Trinajstić information content (AvgIpc) is 2.69. The molecule has 0 aromatic heterocycles. The van der Waals surface area contributed by atoms with E-state index in [0.717, 1.165) is 0 Å². The summed E-state index contributed by atoms with van der Waals surface area (Å²) in [7, 11) is 0. The lowest BCUT2D eigenvalue weighted by Gasteiger charge is -2.07. The Labute approximate surface area is 171 Å². The van der Waals surface area contributed by atoms with Crippen LogP contribution in [-0.2, 0) is 9.59 Å². The predicted molar refractivity (Wildman–Crippen MR) is 109 cm³/mol. The van der Waals surface area contributed by atoms with Crippen LogP contribution in [0.25, 0.3) is 0 Å². The third-order valence-corrected chi connectivity index (χ3v) is 3.96. The third kappa shape index (κ3) is 7.23. The van der Waals surface area contributed by atoms with Gasteiger partial charge in [0.1, 0.15) is 5.75 Å². The zero-order valence-corrected chi connectivity index (χ0v) is 16.3. The van der Waals surface area contributed by atoms with Gasteiger partial charge in [0.25, 0.3) is 5.69 Å². The Hall–Kier alpha value is -3.46. The van der Waals surface area contributed by atoms with Crippen LogP contribution in [0.2, 0.25) is 5.02 Å². The number of nitrogens with zero attached hydrogens (tertiary/aromatic N) is 2. The summed E-state index contributed by atoms with van der Waals surface area (Å²) in [6, 6.07) is 10.8. The highest BCUT2D eigenvalue weighted by Gasteiger charge is 2.09. The number of amides is 2. The van der Waals surface area contributed by atoms with Gasteiger partial charge in [-0.1, -0.05) is 11.6 Å². The quantitative estimate of drug-likeness (QED) is 0.366. The second kappa shape index (κ2) is 10.8. The summed E-state index contributed by atoms with van der Waals surface area (Å²) < 4.78 is 5.32. The molecule has 2 N–H and O–H groups in total. The van der Waals surface area contributed by atoms with Gasteiger partial charge in [0.15, 0.2) is 0 Å². The van der Waals surface area contributed by atoms with Crippen LogP contribution in [0.15, 0.2) is 47.6 Å². The Morgan fingerprint density at radius 1 is 1.17 bits per heavy atom. The molecular weight excluding hydrogens is 400 g/mol. The standard InChI is InChI=1S/C19H19ClN4O5/c1-2-29-16-6-3-14(4-7-16)22-18(25)9-10-19(26)23-21-12-13-11-15(24(27)28)5-8-17(13)20/h3-8,11-12H,2,9-10H2,1H3,(H,22,25)(H,23,26)/b21-12+. The number of ether oxygens (including phenoxy) is 1. The molecule has 0 saturated carbocycles. The van der Waals surface area contributed by atoms with Gasteiger partial charge in [-0.2, -0.15) is 5.10 Å². The van der Waals surface area contributed by atoms with E-state index >= 15 is 0 Å². The van der Waals surface area contributed by atoms with Crippen molar-refractivity contribution in [3.63, 3.8) is 0 Å². The number of nitro benzene ring substituents is 1. The maximum Gasteiger partial charge on any atom is 0.270 e. The van der Waals surface area contributed by atoms with E-state index in [0.29, 0.717) is 18.0 Å². The first-order valence-corrected chi connectivity index (χ1v) is 9.05. The van der Waals surface area contributed by atoms with Crippen molar-refractivity contribution in [1.82, 2.24) is 5.43 Å². The van der Waals surface area contributed by atoms with Crippen molar-refractivity contribution in [2.45, 2.75) is 19.8 Å². The predicted octanol–water partition coefficient (Wildman–Crippen LogP) is 3.52. The van der Waals surface area contributed by atoms with Crippen molar-refractivity contribution < 1.29 is 19.2 Å². The number of halogens is 1. The number of hydrazone groups is 1. The van der Waals surface area contributed by atoms with Crippen molar-refractivity contribution in [3.8, 4) is 5.75 Å². The minimum absolute atomic E-state index is 0.0356. The molecule has 2 rings (SSSR count). The molecule has 0 spiro atoms. The summed E-state index contributed by atoms with van der Waals surface area (Å²) in [6.45, 7) is 2.43. The maximum absolute atomic E-state index is 11.9. The van der Waals surface area contributed by atoms with Crippen LogP contribution in [0.1, 0.15) is 25.3 Å². The van der Waals surface area contributed by atoms with E-state index in [9.17, 15) is 19.7 Å². The van der Waals surface area contributed by atoms with Crippen molar-refractivity contribution in [2.24, 2.45) is 5.10 Å². The molecule has 9 nitrogen and oxygen atoms in total. The van der Waals surface area contributed by atoms with Gasteiger partial charge in [-0.05, 0) is 37.3 Å². The minimum atomic E-state index is -0.560. The summed E-state index contributed by atoms with van der Waals surface area (Å²) in [5, 5.41) is 17.4. The summed E-state index contributed by atoms with van der Waals surface area (Å²) >= 11 is 5.94. The lowest BCUT2D eigenvalue weighted by Crippen LogP contribution is -2.20. The van der Waals surface area contributed by atoms with Gasteiger partial charge < -0.3 is 10.1 Å². The van der Waals surface area contributed by atoms with Gasteiger partial charge in [0, 0.05) is 41.2 Å². The topological polar surface area (TPSA) is 123 Å². The van der Waals surface area contributed by atoms with Crippen molar-refractivity contribution in [2.75, 3.05) is 11.9 Å². The Morgan fingerprint density at radius 2 is 1.86 bits per heavy atom. The largest absolute Gasteiger partial charge is 0.494 e. The zero-order chi connectivity index (χ0) is 21.2. The first kappa shape index (κ1) is 21.8. The number of nitrogens with one attached hydrogen (secondary N) is 2. The molecule has 0 unspecified atom stereocenters. The average molecular weight is 419 g/mol. The molecule has 0 bridgehead atoms. The van der Waals surface area contributed by atoms with Crippen molar-refractivity contribution in [1.29, 1.82) is 0 Å². The van der Waals surface area contributed by atoms with Gasteiger partial charge in [0.2, 0.25) is 11.8 Å². The molecule has 10 heteroatoms. The SMILES string of the molecule is CCOc1ccc(NC(=O)CCC(=O)N/N=C/c2cc([N+](=O)[O-])ccc2Cl)cc1. The molecular formula is C19H19ClN4O5. The maximum atomic E-state index is 11.9. The lowest BCUT2D eigenvalue weighted by molar-refractivity contribution is -0.384. The van der Waals surface area contributed by atoms with Crippen LogP contribution in [0.4, 0.5) is 11.4 Å². The molecule has 0 fully saturated rings. The van der Waals surface area contributed by atoms with E-state index in [1.54, 1.807) is 24.3 Å². The van der Waals surface area contributed by atoms with E-state index in [4.69, 9.17) is 16.3 Å². The van der Waals surface area contributed by atoms with Crippen LogP contribution < -0.4 is 15.5 Å². The smallest absolute Gasteiger partial charge is 0.270 e. The molecule has 0 atom stereocenters. The highest BCUT2D eigenvalue weighted by atomic mass is 35.5. The number of carbonyl (C=O) groups excluding carboxylic acids is 2. The number of hydrogen-bond acceptors (Lipinski definition) is 6. The van der Waals surface area contributed by atoms with E-state index in [1.807, 2.05) is 6.92 Å². The Balaban J connectivity index is 1.79. The number of benzene rings is 2. The molecule has 0 heterocycles. The van der Waals surface area contributed by atoms with Crippen LogP contribution in [0, 0.1) is 10.1 Å². The fraction of sp³-hybridized carbons (Fsp3) is 0.211. The summed E-state index contributed by atoms with van der Waals surface area (Å²) in [5.74, 6) is -0.105. The number of anilines is 1. The molecule has 2 amide bonds. The molecule has 0 radical (unpaired) electrons. The first-order valence-electron chi connectivity index (χ1n) is 8.67. The normalized spacial score (nSPS) is 10.6. The second-order valence-corrected chi connectivity index (χ2v) is 6.17. The van der Waals surface area contributed by atoms with Crippen molar-refractivity contribution in [3.05, 3.63) is 63.2 Å². The fourth-order valence-electron chi connectivity index (χ4n) is 2.23. The van der Waals surface area contributed by atoms with E-state index < -0.39 is 10.8 Å². The summed E-state index contributed by atoms with van der Waals surface area (Å²) in [6.07, 6.45) is 1.09. The number of rotatable bonds is 9. The van der Waals surface area contributed by atoms with Crippen LogP contribution in [0.3, 0.4) is 0 Å². The first-order chi connectivity index (χ1) is 13.9. The van der Waals surface area contributed by atoms with E-state index in [2.05, 4.69) is 15.8 Å². The third-order valence-electron chi connectivity index (χ3n) is 3.61. The molecule has 0 aliphatic rings. The monoisotopic (exact) mass is 418 g/mol. The number of non-ortho nitro benzene ring substituents is 1. The molecule has 2 aromatic carbocycles. The van der Waals surface area contributed by atoms with E-state index in [-0.39, 0.29) is 35.0 Å². The minimum Gasteiger partial charge on any atom is -0.494 e. The van der Waals surface area contributed by atoms with Crippen molar-refractivity contribution >= 4 is 41.0 Å². The molecule has 0 aliphatic heterocycles. The Morgan fingerprint density at radius 3 is 2.52 bits per heavy atom. The number of carbonyl (C=O) groups is 2. The Bertz CT molecular complexity index is 915. The van der Waals surface area contributed by atoms with Gasteiger partial charge in [-0.25, -0.2) is 5.43 Å².